The van der Waals surface area contributed by atoms with E-state index in [9.17, 15) is 27.6 Å². The minimum atomic E-state index is -3.91. The first-order chi connectivity index (χ1) is 25.0. The summed E-state index contributed by atoms with van der Waals surface area (Å²) < 4.78 is 34.4. The first-order valence-electron chi connectivity index (χ1n) is 17.6. The molecule has 0 spiro atoms. The number of likely N-dealkylation sites (tertiary alicyclic amines) is 1. The van der Waals surface area contributed by atoms with Gasteiger partial charge in [-0.15, -0.1) is 16.8 Å². The summed E-state index contributed by atoms with van der Waals surface area (Å²) in [6.45, 7) is 13.2. The Hall–Kier alpha value is -5.13. The molecular weight excluding hydrogens is 705 g/mol. The third kappa shape index (κ3) is 7.54. The second-order valence-corrected chi connectivity index (χ2v) is 17.0. The molecule has 2 aromatic heterocycles. The van der Waals surface area contributed by atoms with Crippen LogP contribution in [-0.4, -0.2) is 103 Å². The molecule has 0 radical (unpaired) electrons. The SMILES string of the molecule is C=C[C@@H]1C[C@]1(NC(=O)[C@@H]1C[C@@H](n2nnc(-c3ccc(OC)cc3)n2)CN1C(=O)[C@@H](NC(=O)c1cc(C)nn1CC)C(C)(C)C)C(=O)NS(=O)(=O)C1CC1. The van der Waals surface area contributed by atoms with E-state index in [1.54, 1.807) is 69.8 Å². The number of rotatable bonds is 13. The van der Waals surface area contributed by atoms with Gasteiger partial charge in [0.2, 0.25) is 27.7 Å². The van der Waals surface area contributed by atoms with Gasteiger partial charge in [-0.1, -0.05) is 26.8 Å². The smallest absolute Gasteiger partial charge is 0.270 e. The average Bonchev–Trinajstić information content (AvgIpc) is 3.93. The molecule has 6 rings (SSSR count). The van der Waals surface area contributed by atoms with E-state index in [1.807, 2.05) is 6.92 Å². The molecule has 5 atom stereocenters. The van der Waals surface area contributed by atoms with Crippen LogP contribution in [0.3, 0.4) is 0 Å². The quantitative estimate of drug-likeness (QED) is 0.213. The summed E-state index contributed by atoms with van der Waals surface area (Å²) >= 11 is 0. The maximum absolute atomic E-state index is 14.7. The Morgan fingerprint density at radius 2 is 1.83 bits per heavy atom. The standard InChI is InChI=1S/C35H46N10O7S/c1-8-22-18-35(22,33(49)41-53(50,51)25-14-15-25)37-31(47)26-17-23(45-40-29(38-42-45)21-10-12-24(52-7)13-11-21)19-43(26)32(48)28(34(4,5)6)36-30(46)27-16-20(3)39-44(27)9-2/h8,10-13,16,22-23,25-26,28H,1,9,14-15,17-19H2,2-7H3,(H,36,46)(H,37,47)(H,41,49)/t22-,23-,26+,28-,35-/m1/s1. The predicted octanol–water partition coefficient (Wildman–Crippen LogP) is 1.53. The number of aromatic nitrogens is 6. The number of hydrogen-bond acceptors (Lipinski definition) is 11. The van der Waals surface area contributed by atoms with Crippen molar-refractivity contribution >= 4 is 33.7 Å². The van der Waals surface area contributed by atoms with Gasteiger partial charge in [-0.2, -0.15) is 9.90 Å². The Bertz CT molecular complexity index is 2030. The molecule has 0 unspecified atom stereocenters. The number of amides is 4. The number of hydrogen-bond donors (Lipinski definition) is 3. The van der Waals surface area contributed by atoms with Gasteiger partial charge in [0, 0.05) is 31.0 Å². The van der Waals surface area contributed by atoms with Crippen molar-refractivity contribution in [2.75, 3.05) is 13.7 Å². The molecule has 3 heterocycles. The lowest BCUT2D eigenvalue weighted by Crippen LogP contribution is -2.60. The van der Waals surface area contributed by atoms with Crippen molar-refractivity contribution in [1.82, 2.24) is 50.2 Å². The van der Waals surface area contributed by atoms with Crippen LogP contribution in [0.2, 0.25) is 0 Å². The van der Waals surface area contributed by atoms with E-state index < -0.39 is 73.9 Å². The molecule has 2 aliphatic carbocycles. The van der Waals surface area contributed by atoms with Gasteiger partial charge in [-0.05, 0) is 74.1 Å². The summed E-state index contributed by atoms with van der Waals surface area (Å²) in [7, 11) is -2.34. The van der Waals surface area contributed by atoms with Crippen molar-refractivity contribution in [1.29, 1.82) is 0 Å². The van der Waals surface area contributed by atoms with Crippen LogP contribution < -0.4 is 20.1 Å². The summed E-state index contributed by atoms with van der Waals surface area (Å²) in [5.41, 5.74) is -0.767. The Morgan fingerprint density at radius 1 is 1.13 bits per heavy atom. The fraction of sp³-hybridized carbons (Fsp3) is 0.543. The highest BCUT2D eigenvalue weighted by molar-refractivity contribution is 7.91. The fourth-order valence-corrected chi connectivity index (χ4v) is 8.08. The molecule has 3 aliphatic rings. The van der Waals surface area contributed by atoms with Gasteiger partial charge >= 0.3 is 0 Å². The predicted molar refractivity (Wildman–Crippen MR) is 192 cm³/mol. The lowest BCUT2D eigenvalue weighted by molar-refractivity contribution is -0.142. The van der Waals surface area contributed by atoms with Crippen LogP contribution in [-0.2, 0) is 31.0 Å². The van der Waals surface area contributed by atoms with E-state index in [0.29, 0.717) is 42.2 Å². The largest absolute Gasteiger partial charge is 0.497 e. The van der Waals surface area contributed by atoms with E-state index in [0.717, 1.165) is 0 Å². The maximum atomic E-state index is 14.7. The molecular formula is C35H46N10O7S. The molecule has 2 saturated carbocycles. The van der Waals surface area contributed by atoms with Crippen LogP contribution in [0.5, 0.6) is 5.75 Å². The number of methoxy groups -OCH3 is 1. The fourth-order valence-electron chi connectivity index (χ4n) is 6.72. The Balaban J connectivity index is 1.30. The van der Waals surface area contributed by atoms with E-state index in [-0.39, 0.29) is 25.1 Å². The van der Waals surface area contributed by atoms with Crippen LogP contribution in [0.25, 0.3) is 11.4 Å². The molecule has 3 aromatic rings. The number of sulfonamides is 1. The van der Waals surface area contributed by atoms with E-state index >= 15 is 0 Å². The van der Waals surface area contributed by atoms with Gasteiger partial charge in [0.25, 0.3) is 11.8 Å². The molecule has 17 nitrogen and oxygen atoms in total. The normalized spacial score (nSPS) is 23.2. The molecule has 3 N–H and O–H groups in total. The number of carbonyl (C=O) groups excluding carboxylic acids is 4. The van der Waals surface area contributed by atoms with Gasteiger partial charge < -0.3 is 20.3 Å². The van der Waals surface area contributed by atoms with Gasteiger partial charge in [0.15, 0.2) is 0 Å². The molecule has 18 heteroatoms. The number of ether oxygens (including phenoxy) is 1. The van der Waals surface area contributed by atoms with Crippen LogP contribution in [0.15, 0.2) is 43.0 Å². The number of aryl methyl sites for hydroxylation is 2. The monoisotopic (exact) mass is 750 g/mol. The average molecular weight is 751 g/mol. The van der Waals surface area contributed by atoms with Gasteiger partial charge in [-0.25, -0.2) is 8.42 Å². The van der Waals surface area contributed by atoms with Crippen molar-refractivity contribution < 1.29 is 32.3 Å². The molecule has 4 amide bonds. The summed E-state index contributed by atoms with van der Waals surface area (Å²) in [6.07, 6.45) is 2.59. The molecule has 1 aliphatic heterocycles. The number of benzene rings is 1. The Kier molecular flexibility index (Phi) is 9.95. The van der Waals surface area contributed by atoms with Crippen molar-refractivity contribution in [2.24, 2.45) is 11.3 Å². The molecule has 1 aromatic carbocycles. The first-order valence-corrected chi connectivity index (χ1v) is 19.2. The van der Waals surface area contributed by atoms with E-state index in [2.05, 4.69) is 42.4 Å². The second kappa shape index (κ2) is 14.0. The molecule has 0 bridgehead atoms. The molecule has 53 heavy (non-hydrogen) atoms. The zero-order chi connectivity index (χ0) is 38.5. The van der Waals surface area contributed by atoms with Crippen molar-refractivity contribution in [3.8, 4) is 17.1 Å². The van der Waals surface area contributed by atoms with Crippen LogP contribution >= 0.6 is 0 Å². The Morgan fingerprint density at radius 3 is 2.42 bits per heavy atom. The van der Waals surface area contributed by atoms with Crippen LogP contribution in [0.4, 0.5) is 0 Å². The van der Waals surface area contributed by atoms with Crippen LogP contribution in [0.1, 0.15) is 75.6 Å². The van der Waals surface area contributed by atoms with E-state index in [1.165, 1.54) is 15.8 Å². The highest BCUT2D eigenvalue weighted by atomic mass is 32.2. The summed E-state index contributed by atoms with van der Waals surface area (Å²) in [5, 5.41) is 22.4. The summed E-state index contributed by atoms with van der Waals surface area (Å²) in [4.78, 5) is 58.8. The number of nitrogens with one attached hydrogen (secondary N) is 3. The van der Waals surface area contributed by atoms with Crippen molar-refractivity contribution in [2.45, 2.75) is 95.8 Å². The topological polar surface area (TPSA) is 212 Å². The third-order valence-electron chi connectivity index (χ3n) is 10.0. The number of nitrogens with zero attached hydrogens (tertiary/aromatic N) is 7. The zero-order valence-electron chi connectivity index (χ0n) is 30.7. The number of tetrazole rings is 1. The number of carbonyl (C=O) groups is 4. The van der Waals surface area contributed by atoms with Gasteiger partial charge in [0.1, 0.15) is 29.1 Å². The highest BCUT2D eigenvalue weighted by Gasteiger charge is 2.62. The summed E-state index contributed by atoms with van der Waals surface area (Å²) in [5.74, 6) is -2.10. The molecule has 3 fully saturated rings. The van der Waals surface area contributed by atoms with Crippen molar-refractivity contribution in [3.05, 3.63) is 54.4 Å². The second-order valence-electron chi connectivity index (χ2n) is 15.0. The lowest BCUT2D eigenvalue weighted by atomic mass is 9.85. The maximum Gasteiger partial charge on any atom is 0.270 e. The highest BCUT2D eigenvalue weighted by Crippen LogP contribution is 2.46. The first kappa shape index (κ1) is 37.6. The zero-order valence-corrected chi connectivity index (χ0v) is 31.5. The summed E-state index contributed by atoms with van der Waals surface area (Å²) in [6, 6.07) is 5.86. The minimum absolute atomic E-state index is 0.0239. The Labute approximate surface area is 307 Å². The third-order valence-corrected chi connectivity index (χ3v) is 11.9. The minimum Gasteiger partial charge on any atom is -0.497 e. The van der Waals surface area contributed by atoms with Crippen LogP contribution in [0, 0.1) is 18.3 Å². The van der Waals surface area contributed by atoms with Gasteiger partial charge in [0.05, 0.1) is 24.1 Å². The molecule has 1 saturated heterocycles. The van der Waals surface area contributed by atoms with Gasteiger partial charge in [-0.3, -0.25) is 28.6 Å². The van der Waals surface area contributed by atoms with E-state index in [4.69, 9.17) is 4.74 Å². The van der Waals surface area contributed by atoms with Crippen molar-refractivity contribution in [3.63, 3.8) is 0 Å². The lowest BCUT2D eigenvalue weighted by Gasteiger charge is -2.35. The molecule has 284 valence electrons.